The first-order chi connectivity index (χ1) is 3.81. The van der Waals surface area contributed by atoms with Crippen LogP contribution >= 0.6 is 0 Å². The van der Waals surface area contributed by atoms with Gasteiger partial charge >= 0.3 is 0 Å². The number of rotatable bonds is 4. The zero-order valence-electron chi connectivity index (χ0n) is 5.78. The van der Waals surface area contributed by atoms with Crippen molar-refractivity contribution in [2.24, 2.45) is 5.73 Å². The van der Waals surface area contributed by atoms with E-state index in [2.05, 4.69) is 19.2 Å². The van der Waals surface area contributed by atoms with E-state index in [1.165, 1.54) is 12.8 Å². The summed E-state index contributed by atoms with van der Waals surface area (Å²) in [6, 6.07) is 0.588. The standard InChI is InChI=1S/C6H16N2/c1-3-4-6(2)8-5-7/h6,8H,3-5,7H2,1-2H3/t6-/m0/s1. The van der Waals surface area contributed by atoms with E-state index in [1.54, 1.807) is 0 Å². The third kappa shape index (κ3) is 4.09. The molecule has 0 saturated carbocycles. The molecule has 0 aromatic carbocycles. The molecule has 0 radical (unpaired) electrons. The summed E-state index contributed by atoms with van der Waals surface area (Å²) in [4.78, 5) is 0. The van der Waals surface area contributed by atoms with E-state index in [0.717, 1.165) is 0 Å². The van der Waals surface area contributed by atoms with Gasteiger partial charge in [-0.25, -0.2) is 0 Å². The minimum atomic E-state index is 0.588. The highest BCUT2D eigenvalue weighted by Crippen LogP contribution is 1.92. The summed E-state index contributed by atoms with van der Waals surface area (Å²) in [6.45, 7) is 4.92. The average molecular weight is 116 g/mol. The van der Waals surface area contributed by atoms with Gasteiger partial charge in [0.25, 0.3) is 0 Å². The molecule has 0 heterocycles. The molecule has 3 N–H and O–H groups in total. The lowest BCUT2D eigenvalue weighted by molar-refractivity contribution is 0.518. The molecule has 0 amide bonds. The maximum Gasteiger partial charge on any atom is 0.0430 e. The van der Waals surface area contributed by atoms with Crippen molar-refractivity contribution >= 4 is 0 Å². The Bertz CT molecular complexity index is 39.8. The van der Waals surface area contributed by atoms with Crippen LogP contribution in [0.1, 0.15) is 26.7 Å². The maximum absolute atomic E-state index is 5.25. The van der Waals surface area contributed by atoms with Gasteiger partial charge in [0.2, 0.25) is 0 Å². The Morgan fingerprint density at radius 3 is 2.62 bits per heavy atom. The average Bonchev–Trinajstić information content (AvgIpc) is 1.68. The summed E-state index contributed by atoms with van der Waals surface area (Å²) < 4.78 is 0. The van der Waals surface area contributed by atoms with Gasteiger partial charge in [0.1, 0.15) is 0 Å². The van der Waals surface area contributed by atoms with E-state index in [9.17, 15) is 0 Å². The van der Waals surface area contributed by atoms with Crippen molar-refractivity contribution in [3.8, 4) is 0 Å². The van der Waals surface area contributed by atoms with Crippen LogP contribution in [0.15, 0.2) is 0 Å². The Morgan fingerprint density at radius 1 is 1.62 bits per heavy atom. The highest BCUT2D eigenvalue weighted by Gasteiger charge is 1.93. The molecule has 0 spiro atoms. The third-order valence-corrected chi connectivity index (χ3v) is 1.19. The highest BCUT2D eigenvalue weighted by atomic mass is 15.0. The summed E-state index contributed by atoms with van der Waals surface area (Å²) >= 11 is 0. The minimum absolute atomic E-state index is 0.588. The van der Waals surface area contributed by atoms with Gasteiger partial charge < -0.3 is 11.1 Å². The molecule has 0 saturated heterocycles. The van der Waals surface area contributed by atoms with Gasteiger partial charge in [0, 0.05) is 12.7 Å². The van der Waals surface area contributed by atoms with Crippen molar-refractivity contribution in [2.45, 2.75) is 32.7 Å². The van der Waals surface area contributed by atoms with Gasteiger partial charge in [-0.05, 0) is 13.3 Å². The normalized spacial score (nSPS) is 13.9. The van der Waals surface area contributed by atoms with E-state index >= 15 is 0 Å². The maximum atomic E-state index is 5.25. The van der Waals surface area contributed by atoms with Gasteiger partial charge in [-0.2, -0.15) is 0 Å². The first-order valence-corrected chi connectivity index (χ1v) is 3.24. The lowest BCUT2D eigenvalue weighted by atomic mass is 10.2. The van der Waals surface area contributed by atoms with Crippen LogP contribution in [0.25, 0.3) is 0 Å². The Hall–Kier alpha value is -0.0800. The summed E-state index contributed by atoms with van der Waals surface area (Å²) in [5, 5.41) is 3.12. The summed E-state index contributed by atoms with van der Waals surface area (Å²) in [5.41, 5.74) is 5.25. The molecule has 0 bridgehead atoms. The molecule has 0 aliphatic rings. The Labute approximate surface area is 51.5 Å². The summed E-state index contributed by atoms with van der Waals surface area (Å²) in [7, 11) is 0. The first kappa shape index (κ1) is 7.92. The zero-order valence-corrected chi connectivity index (χ0v) is 5.78. The lowest BCUT2D eigenvalue weighted by Gasteiger charge is -2.08. The molecular formula is C6H16N2. The Morgan fingerprint density at radius 2 is 2.25 bits per heavy atom. The SMILES string of the molecule is CCC[C@H](C)NCN. The van der Waals surface area contributed by atoms with Crippen LogP contribution in [0.3, 0.4) is 0 Å². The first-order valence-electron chi connectivity index (χ1n) is 3.24. The largest absolute Gasteiger partial charge is 0.318 e. The molecular weight excluding hydrogens is 100 g/mol. The zero-order chi connectivity index (χ0) is 6.41. The molecule has 0 aliphatic heterocycles. The van der Waals surface area contributed by atoms with E-state index < -0.39 is 0 Å². The van der Waals surface area contributed by atoms with Crippen molar-refractivity contribution in [1.29, 1.82) is 0 Å². The van der Waals surface area contributed by atoms with Crippen molar-refractivity contribution in [1.82, 2.24) is 5.32 Å². The van der Waals surface area contributed by atoms with Crippen LogP contribution in [-0.2, 0) is 0 Å². The molecule has 0 rings (SSSR count). The third-order valence-electron chi connectivity index (χ3n) is 1.19. The molecule has 0 aliphatic carbocycles. The van der Waals surface area contributed by atoms with E-state index in [1.807, 2.05) is 0 Å². The number of hydrogen-bond acceptors (Lipinski definition) is 2. The molecule has 0 fully saturated rings. The van der Waals surface area contributed by atoms with Crippen LogP contribution in [-0.4, -0.2) is 12.7 Å². The molecule has 1 atom stereocenters. The van der Waals surface area contributed by atoms with E-state index in [4.69, 9.17) is 5.73 Å². The smallest absolute Gasteiger partial charge is 0.0430 e. The molecule has 0 unspecified atom stereocenters. The Balaban J connectivity index is 2.92. The highest BCUT2D eigenvalue weighted by molar-refractivity contribution is 4.55. The van der Waals surface area contributed by atoms with E-state index in [-0.39, 0.29) is 0 Å². The second-order valence-corrected chi connectivity index (χ2v) is 2.10. The van der Waals surface area contributed by atoms with Crippen molar-refractivity contribution in [3.05, 3.63) is 0 Å². The predicted octanol–water partition coefficient (Wildman–Crippen LogP) is 0.681. The molecule has 2 nitrogen and oxygen atoms in total. The second-order valence-electron chi connectivity index (χ2n) is 2.10. The molecule has 50 valence electrons. The minimum Gasteiger partial charge on any atom is -0.318 e. The van der Waals surface area contributed by atoms with Crippen molar-refractivity contribution in [2.75, 3.05) is 6.67 Å². The van der Waals surface area contributed by atoms with Crippen molar-refractivity contribution in [3.63, 3.8) is 0 Å². The van der Waals surface area contributed by atoms with Crippen LogP contribution in [0.4, 0.5) is 0 Å². The van der Waals surface area contributed by atoms with Crippen LogP contribution in [0.5, 0.6) is 0 Å². The number of nitrogens with two attached hydrogens (primary N) is 1. The van der Waals surface area contributed by atoms with Crippen molar-refractivity contribution < 1.29 is 0 Å². The van der Waals surface area contributed by atoms with E-state index in [0.29, 0.717) is 12.7 Å². The van der Waals surface area contributed by atoms with Gasteiger partial charge in [-0.3, -0.25) is 0 Å². The fraction of sp³-hybridized carbons (Fsp3) is 1.00. The molecule has 0 aromatic rings. The monoisotopic (exact) mass is 116 g/mol. The van der Waals surface area contributed by atoms with Gasteiger partial charge in [0.15, 0.2) is 0 Å². The lowest BCUT2D eigenvalue weighted by Crippen LogP contribution is -2.31. The van der Waals surface area contributed by atoms with Crippen LogP contribution in [0, 0.1) is 0 Å². The molecule has 8 heavy (non-hydrogen) atoms. The second kappa shape index (κ2) is 5.06. The summed E-state index contributed by atoms with van der Waals surface area (Å²) in [6.07, 6.45) is 2.45. The fourth-order valence-corrected chi connectivity index (χ4v) is 0.736. The fourth-order valence-electron chi connectivity index (χ4n) is 0.736. The van der Waals surface area contributed by atoms with Gasteiger partial charge in [0.05, 0.1) is 0 Å². The molecule has 0 aromatic heterocycles. The van der Waals surface area contributed by atoms with Gasteiger partial charge in [-0.15, -0.1) is 0 Å². The summed E-state index contributed by atoms with van der Waals surface area (Å²) in [5.74, 6) is 0. The quantitative estimate of drug-likeness (QED) is 0.530. The molecule has 2 heteroatoms. The number of hydrogen-bond donors (Lipinski definition) is 2. The van der Waals surface area contributed by atoms with Gasteiger partial charge in [-0.1, -0.05) is 13.3 Å². The topological polar surface area (TPSA) is 38.0 Å². The van der Waals surface area contributed by atoms with Crippen LogP contribution in [0.2, 0.25) is 0 Å². The van der Waals surface area contributed by atoms with Crippen LogP contribution < -0.4 is 11.1 Å². The number of nitrogens with one attached hydrogen (secondary N) is 1. The predicted molar refractivity (Wildman–Crippen MR) is 36.6 cm³/mol. The Kier molecular flexibility index (Phi) is 5.01.